The minimum atomic E-state index is -3.13. The third-order valence-corrected chi connectivity index (χ3v) is 15.4. The van der Waals surface area contributed by atoms with Gasteiger partial charge in [0.2, 0.25) is 6.16 Å². The maximum Gasteiger partial charge on any atom is 0.511 e. The summed E-state index contributed by atoms with van der Waals surface area (Å²) in [5.41, 5.74) is 5.82. The quantitative estimate of drug-likeness (QED) is 0.0734. The Morgan fingerprint density at radius 3 is 1.92 bits per heavy atom. The SMILES string of the molecule is Cc1c(-c2ccccc2)nc(C(C)C)c(C#CCO[P+](=O)CC(CC(=O)O)O[Si](c2ccccc2)(c2ccccc2)C(C)(C)C)c1-c1ccc(F)cc1. The molecule has 0 aliphatic rings. The normalized spacial score (nSPS) is 12.6. The summed E-state index contributed by atoms with van der Waals surface area (Å²) in [4.78, 5) is 17.3. The number of aliphatic carboxylic acids is 1. The van der Waals surface area contributed by atoms with E-state index in [1.165, 1.54) is 12.1 Å². The average Bonchev–Trinajstić information content (AvgIpc) is 3.13. The Morgan fingerprint density at radius 2 is 1.42 bits per heavy atom. The van der Waals surface area contributed by atoms with E-state index >= 15 is 0 Å². The fraction of sp³-hybridized carbons (Fsp3) is 0.273. The molecule has 0 aliphatic carbocycles. The number of benzene rings is 4. The summed E-state index contributed by atoms with van der Waals surface area (Å²) < 4.78 is 40.4. The highest BCUT2D eigenvalue weighted by Crippen LogP contribution is 2.40. The van der Waals surface area contributed by atoms with Gasteiger partial charge in [-0.05, 0) is 56.1 Å². The van der Waals surface area contributed by atoms with Crippen molar-refractivity contribution in [3.8, 4) is 34.2 Å². The van der Waals surface area contributed by atoms with Gasteiger partial charge in [0.05, 0.1) is 23.4 Å². The van der Waals surface area contributed by atoms with E-state index < -0.39 is 33.5 Å². The lowest BCUT2D eigenvalue weighted by Gasteiger charge is -2.44. The molecule has 272 valence electrons. The molecule has 0 radical (unpaired) electrons. The Balaban J connectivity index is 1.46. The van der Waals surface area contributed by atoms with Crippen molar-refractivity contribution >= 4 is 32.7 Å². The first-order chi connectivity index (χ1) is 25.3. The molecule has 0 fully saturated rings. The van der Waals surface area contributed by atoms with Gasteiger partial charge in [-0.25, -0.2) is 4.39 Å². The third-order valence-electron chi connectivity index (χ3n) is 9.20. The van der Waals surface area contributed by atoms with Crippen LogP contribution < -0.4 is 10.4 Å². The zero-order chi connectivity index (χ0) is 38.2. The maximum atomic E-state index is 14.0. The summed E-state index contributed by atoms with van der Waals surface area (Å²) in [6, 6.07) is 36.1. The maximum absolute atomic E-state index is 14.0. The van der Waals surface area contributed by atoms with Crippen LogP contribution in [0.3, 0.4) is 0 Å². The number of pyridine rings is 1. The van der Waals surface area contributed by atoms with E-state index in [2.05, 4.69) is 32.6 Å². The van der Waals surface area contributed by atoms with Crippen LogP contribution in [0.15, 0.2) is 115 Å². The summed E-state index contributed by atoms with van der Waals surface area (Å²) >= 11 is 0. The first-order valence-electron chi connectivity index (χ1n) is 17.7. The van der Waals surface area contributed by atoms with Crippen LogP contribution in [0.2, 0.25) is 5.04 Å². The van der Waals surface area contributed by atoms with E-state index in [1.54, 1.807) is 12.1 Å². The monoisotopic (exact) mass is 746 g/mol. The fourth-order valence-electron chi connectivity index (χ4n) is 6.82. The highest BCUT2D eigenvalue weighted by atomic mass is 31.1. The van der Waals surface area contributed by atoms with Gasteiger partial charge in [-0.2, -0.15) is 0 Å². The van der Waals surface area contributed by atoms with Gasteiger partial charge in [-0.1, -0.05) is 150 Å². The van der Waals surface area contributed by atoms with E-state index in [-0.39, 0.29) is 30.9 Å². The molecular formula is C44H46FNO5PSi+. The van der Waals surface area contributed by atoms with Crippen molar-refractivity contribution in [1.29, 1.82) is 0 Å². The molecular weight excluding hydrogens is 701 g/mol. The summed E-state index contributed by atoms with van der Waals surface area (Å²) in [6.45, 7) is 12.3. The fourth-order valence-corrected chi connectivity index (χ4v) is 12.5. The van der Waals surface area contributed by atoms with E-state index in [0.717, 1.165) is 44.0 Å². The lowest BCUT2D eigenvalue weighted by Crippen LogP contribution is -2.68. The second-order valence-electron chi connectivity index (χ2n) is 14.3. The number of halogens is 1. The first kappa shape index (κ1) is 39.4. The lowest BCUT2D eigenvalue weighted by atomic mass is 9.88. The van der Waals surface area contributed by atoms with Crippen LogP contribution in [-0.4, -0.2) is 43.2 Å². The number of hydrogen-bond acceptors (Lipinski definition) is 5. The molecule has 1 aromatic heterocycles. The van der Waals surface area contributed by atoms with Gasteiger partial charge in [0.1, 0.15) is 11.9 Å². The molecule has 0 amide bonds. The first-order valence-corrected chi connectivity index (χ1v) is 21.0. The highest BCUT2D eigenvalue weighted by Gasteiger charge is 2.52. The number of nitrogens with zero attached hydrogens (tertiary/aromatic N) is 1. The minimum Gasteiger partial charge on any atom is -0.481 e. The highest BCUT2D eigenvalue weighted by molar-refractivity contribution is 7.39. The summed E-state index contributed by atoms with van der Waals surface area (Å²) in [6.07, 6.45) is -1.33. The molecule has 1 N–H and O–H groups in total. The topological polar surface area (TPSA) is 85.7 Å². The van der Waals surface area contributed by atoms with Crippen LogP contribution in [-0.2, 0) is 18.3 Å². The summed E-state index contributed by atoms with van der Waals surface area (Å²) in [5.74, 6) is 4.94. The molecule has 53 heavy (non-hydrogen) atoms. The Hall–Kier alpha value is -4.77. The molecule has 0 aliphatic heterocycles. The van der Waals surface area contributed by atoms with E-state index in [0.29, 0.717) is 5.56 Å². The van der Waals surface area contributed by atoms with Crippen molar-refractivity contribution in [2.75, 3.05) is 12.8 Å². The largest absolute Gasteiger partial charge is 0.511 e. The van der Waals surface area contributed by atoms with Crippen LogP contribution >= 0.6 is 8.03 Å². The minimum absolute atomic E-state index is 0.00881. The van der Waals surface area contributed by atoms with Crippen molar-refractivity contribution in [3.05, 3.63) is 138 Å². The molecule has 5 rings (SSSR count). The molecule has 0 spiro atoms. The Kier molecular flexibility index (Phi) is 12.9. The Morgan fingerprint density at radius 1 is 0.868 bits per heavy atom. The number of carboxylic acids is 1. The summed E-state index contributed by atoms with van der Waals surface area (Å²) in [7, 11) is -5.48. The second kappa shape index (κ2) is 17.4. The molecule has 2 atom stereocenters. The zero-order valence-corrected chi connectivity index (χ0v) is 33.0. The number of carboxylic acid groups (broad SMARTS) is 1. The molecule has 9 heteroatoms. The van der Waals surface area contributed by atoms with E-state index in [1.807, 2.05) is 112 Å². The van der Waals surface area contributed by atoms with E-state index in [9.17, 15) is 18.9 Å². The predicted octanol–water partition coefficient (Wildman–Crippen LogP) is 9.52. The molecule has 1 heterocycles. The number of carbonyl (C=O) groups is 1. The van der Waals surface area contributed by atoms with E-state index in [4.69, 9.17) is 13.9 Å². The molecule has 5 aromatic rings. The average molecular weight is 747 g/mol. The lowest BCUT2D eigenvalue weighted by molar-refractivity contribution is -0.138. The van der Waals surface area contributed by atoms with Crippen molar-refractivity contribution in [1.82, 2.24) is 4.98 Å². The molecule has 0 saturated heterocycles. The van der Waals surface area contributed by atoms with Crippen LogP contribution in [0.5, 0.6) is 0 Å². The summed E-state index contributed by atoms with van der Waals surface area (Å²) in [5, 5.41) is 11.5. The Labute approximate surface area is 314 Å². The standard InChI is InChI=1S/C44H45FNO5PSi/c1-31(2)42-39(41(33-24-26-35(45)27-25-33)32(3)43(46-42)34-17-10-7-11-18-34)23-16-28-50-52(49)30-36(29-40(47)48)51-53(44(4,5)6,37-19-12-8-13-20-37)38-21-14-9-15-22-38/h7-15,17-22,24-27,31,36H,28-30H2,1-6H3/p+1. The van der Waals surface area contributed by atoms with Crippen molar-refractivity contribution in [2.45, 2.75) is 65.0 Å². The Bertz CT molecular complexity index is 2050. The van der Waals surface area contributed by atoms with Gasteiger partial charge in [-0.3, -0.25) is 9.78 Å². The van der Waals surface area contributed by atoms with Crippen molar-refractivity contribution < 1.29 is 27.8 Å². The molecule has 0 saturated carbocycles. The van der Waals surface area contributed by atoms with Crippen molar-refractivity contribution in [2.24, 2.45) is 0 Å². The number of aromatic nitrogens is 1. The third kappa shape index (κ3) is 9.24. The van der Waals surface area contributed by atoms with Gasteiger partial charge in [0, 0.05) is 11.1 Å². The molecule has 2 unspecified atom stereocenters. The number of hydrogen-bond donors (Lipinski definition) is 1. The smallest absolute Gasteiger partial charge is 0.481 e. The van der Waals surface area contributed by atoms with Crippen molar-refractivity contribution in [3.63, 3.8) is 0 Å². The van der Waals surface area contributed by atoms with Crippen LogP contribution in [0, 0.1) is 24.6 Å². The van der Waals surface area contributed by atoms with Gasteiger partial charge in [-0.15, -0.1) is 4.52 Å². The molecule has 0 bridgehead atoms. The van der Waals surface area contributed by atoms with Gasteiger partial charge in [0.15, 0.2) is 6.61 Å². The zero-order valence-electron chi connectivity index (χ0n) is 31.1. The number of rotatable bonds is 13. The van der Waals surface area contributed by atoms with Crippen LogP contribution in [0.25, 0.3) is 22.4 Å². The second-order valence-corrected chi connectivity index (χ2v) is 19.9. The van der Waals surface area contributed by atoms with Crippen LogP contribution in [0.4, 0.5) is 4.39 Å². The van der Waals surface area contributed by atoms with Gasteiger partial charge >= 0.3 is 14.0 Å². The van der Waals surface area contributed by atoms with Crippen LogP contribution in [0.1, 0.15) is 63.8 Å². The molecule has 6 nitrogen and oxygen atoms in total. The van der Waals surface area contributed by atoms with Gasteiger partial charge in [0.25, 0.3) is 8.32 Å². The predicted molar refractivity (Wildman–Crippen MR) is 214 cm³/mol. The van der Waals surface area contributed by atoms with Gasteiger partial charge < -0.3 is 9.53 Å². The molecule has 4 aromatic carbocycles.